The molecule has 2 aliphatic rings. The van der Waals surface area contributed by atoms with Gasteiger partial charge in [0.15, 0.2) is 0 Å². The van der Waals surface area contributed by atoms with Crippen LogP contribution in [0.1, 0.15) is 51.9 Å². The maximum atomic E-state index is 5.36. The molecule has 18 heavy (non-hydrogen) atoms. The molecule has 2 bridgehead atoms. The molecule has 1 N–H and O–H groups in total. The van der Waals surface area contributed by atoms with Crippen molar-refractivity contribution in [2.45, 2.75) is 70.0 Å². The molecule has 2 heterocycles. The number of fused-ring (bicyclic) bond motifs is 2. The van der Waals surface area contributed by atoms with Gasteiger partial charge in [-0.3, -0.25) is 0 Å². The van der Waals surface area contributed by atoms with Gasteiger partial charge in [0.2, 0.25) is 0 Å². The lowest BCUT2D eigenvalue weighted by atomic mass is 9.83. The summed E-state index contributed by atoms with van der Waals surface area (Å²) in [6.07, 6.45) is 14.3. The van der Waals surface area contributed by atoms with E-state index >= 15 is 0 Å². The molecule has 102 valence electrons. The Labute approximate surface area is 113 Å². The predicted molar refractivity (Wildman–Crippen MR) is 77.4 cm³/mol. The Bertz CT molecular complexity index is 280. The molecule has 2 fully saturated rings. The summed E-state index contributed by atoms with van der Waals surface area (Å²) >= 11 is 0. The molecule has 0 aromatic rings. The van der Waals surface area contributed by atoms with Gasteiger partial charge in [-0.15, -0.1) is 12.3 Å². The largest absolute Gasteiger partial charge is 0.314 e. The minimum Gasteiger partial charge on any atom is -0.314 e. The number of nitrogens with zero attached hydrogens (tertiary/aromatic N) is 1. The first-order chi connectivity index (χ1) is 8.76. The Hall–Kier alpha value is -0.520. The SMILES string of the molecule is C#CCCCC(NCC)C1CC2CCC(C1)N2C. The summed E-state index contributed by atoms with van der Waals surface area (Å²) in [5.74, 6) is 3.64. The summed E-state index contributed by atoms with van der Waals surface area (Å²) in [7, 11) is 2.32. The highest BCUT2D eigenvalue weighted by molar-refractivity contribution is 4.97. The zero-order chi connectivity index (χ0) is 13.0. The fourth-order valence-corrected chi connectivity index (χ4v) is 3.97. The van der Waals surface area contributed by atoms with Crippen molar-refractivity contribution in [3.8, 4) is 12.3 Å². The summed E-state index contributed by atoms with van der Waals surface area (Å²) < 4.78 is 0. The molecule has 0 amide bonds. The van der Waals surface area contributed by atoms with Crippen molar-refractivity contribution in [2.75, 3.05) is 13.6 Å². The van der Waals surface area contributed by atoms with Crippen LogP contribution in [-0.2, 0) is 0 Å². The summed E-state index contributed by atoms with van der Waals surface area (Å²) in [6.45, 7) is 3.31. The second-order valence-electron chi connectivity index (χ2n) is 6.04. The Balaban J connectivity index is 1.89. The van der Waals surface area contributed by atoms with Crippen molar-refractivity contribution in [3.05, 3.63) is 0 Å². The number of hydrogen-bond donors (Lipinski definition) is 1. The number of hydrogen-bond acceptors (Lipinski definition) is 2. The lowest BCUT2D eigenvalue weighted by Gasteiger charge is -2.40. The number of piperidine rings is 1. The fourth-order valence-electron chi connectivity index (χ4n) is 3.97. The summed E-state index contributed by atoms with van der Waals surface area (Å²) in [4.78, 5) is 2.63. The molecule has 0 aromatic heterocycles. The van der Waals surface area contributed by atoms with Gasteiger partial charge in [-0.2, -0.15) is 0 Å². The van der Waals surface area contributed by atoms with Crippen molar-refractivity contribution in [1.29, 1.82) is 0 Å². The van der Waals surface area contributed by atoms with Crippen LogP contribution >= 0.6 is 0 Å². The van der Waals surface area contributed by atoms with E-state index < -0.39 is 0 Å². The second kappa shape index (κ2) is 6.59. The van der Waals surface area contributed by atoms with E-state index in [1.807, 2.05) is 0 Å². The zero-order valence-electron chi connectivity index (χ0n) is 12.0. The van der Waals surface area contributed by atoms with Crippen molar-refractivity contribution in [2.24, 2.45) is 5.92 Å². The molecule has 3 atom stereocenters. The van der Waals surface area contributed by atoms with E-state index in [9.17, 15) is 0 Å². The maximum Gasteiger partial charge on any atom is 0.00989 e. The van der Waals surface area contributed by atoms with Gasteiger partial charge in [0.25, 0.3) is 0 Å². The molecule has 0 spiro atoms. The molecular weight excluding hydrogens is 220 g/mol. The number of terminal acetylenes is 1. The Morgan fingerprint density at radius 1 is 1.33 bits per heavy atom. The molecule has 2 aliphatic heterocycles. The molecule has 2 heteroatoms. The first-order valence-corrected chi connectivity index (χ1v) is 7.65. The van der Waals surface area contributed by atoms with Crippen molar-refractivity contribution in [1.82, 2.24) is 10.2 Å². The van der Waals surface area contributed by atoms with Crippen LogP contribution in [0.4, 0.5) is 0 Å². The van der Waals surface area contributed by atoms with E-state index in [4.69, 9.17) is 6.42 Å². The molecule has 2 nitrogen and oxygen atoms in total. The standard InChI is InChI=1S/C16H28N2/c1-4-6-7-8-16(17-5-2)13-11-14-9-10-15(12-13)18(14)3/h1,13-17H,5-12H2,2-3H3. The number of unbranched alkanes of at least 4 members (excludes halogenated alkanes) is 1. The van der Waals surface area contributed by atoms with E-state index in [1.54, 1.807) is 0 Å². The minimum absolute atomic E-state index is 0.695. The first kappa shape index (κ1) is 13.9. The fraction of sp³-hybridized carbons (Fsp3) is 0.875. The van der Waals surface area contributed by atoms with Gasteiger partial charge in [-0.1, -0.05) is 6.92 Å². The van der Waals surface area contributed by atoms with E-state index in [2.05, 4.69) is 30.1 Å². The minimum atomic E-state index is 0.695. The van der Waals surface area contributed by atoms with Crippen LogP contribution in [0.2, 0.25) is 0 Å². The molecule has 3 unspecified atom stereocenters. The molecule has 2 saturated heterocycles. The Kier molecular flexibility index (Phi) is 5.09. The number of rotatable bonds is 6. The third-order valence-corrected chi connectivity index (χ3v) is 5.01. The molecule has 2 rings (SSSR count). The normalized spacial score (nSPS) is 33.3. The zero-order valence-corrected chi connectivity index (χ0v) is 12.0. The van der Waals surface area contributed by atoms with Crippen LogP contribution in [0.25, 0.3) is 0 Å². The molecular formula is C16H28N2. The lowest BCUT2D eigenvalue weighted by molar-refractivity contribution is 0.110. The molecule has 0 radical (unpaired) electrons. The summed E-state index contributed by atoms with van der Waals surface area (Å²) in [6, 6.07) is 2.39. The third kappa shape index (κ3) is 3.08. The average molecular weight is 248 g/mol. The van der Waals surface area contributed by atoms with Crippen molar-refractivity contribution < 1.29 is 0 Å². The second-order valence-corrected chi connectivity index (χ2v) is 6.04. The topological polar surface area (TPSA) is 15.3 Å². The van der Waals surface area contributed by atoms with Crippen LogP contribution in [0.15, 0.2) is 0 Å². The van der Waals surface area contributed by atoms with Crippen LogP contribution in [0.3, 0.4) is 0 Å². The van der Waals surface area contributed by atoms with Gasteiger partial charge in [0.1, 0.15) is 0 Å². The quantitative estimate of drug-likeness (QED) is 0.574. The highest BCUT2D eigenvalue weighted by Gasteiger charge is 2.40. The van der Waals surface area contributed by atoms with Gasteiger partial charge in [-0.25, -0.2) is 0 Å². The number of nitrogens with one attached hydrogen (secondary N) is 1. The monoisotopic (exact) mass is 248 g/mol. The highest BCUT2D eigenvalue weighted by Crippen LogP contribution is 2.39. The molecule has 0 saturated carbocycles. The first-order valence-electron chi connectivity index (χ1n) is 7.65. The highest BCUT2D eigenvalue weighted by atomic mass is 15.2. The molecule has 0 aliphatic carbocycles. The predicted octanol–water partition coefficient (Wildman–Crippen LogP) is 2.64. The summed E-state index contributed by atoms with van der Waals surface area (Å²) in [5, 5.41) is 3.71. The smallest absolute Gasteiger partial charge is 0.00989 e. The van der Waals surface area contributed by atoms with Crippen molar-refractivity contribution in [3.63, 3.8) is 0 Å². The van der Waals surface area contributed by atoms with Crippen molar-refractivity contribution >= 4 is 0 Å². The van der Waals surface area contributed by atoms with Crippen LogP contribution < -0.4 is 5.32 Å². The molecule has 0 aromatic carbocycles. The van der Waals surface area contributed by atoms with Gasteiger partial charge < -0.3 is 10.2 Å². The average Bonchev–Trinajstić information content (AvgIpc) is 2.61. The van der Waals surface area contributed by atoms with Gasteiger partial charge in [0, 0.05) is 24.5 Å². The van der Waals surface area contributed by atoms with Crippen LogP contribution in [0.5, 0.6) is 0 Å². The van der Waals surface area contributed by atoms with Crippen LogP contribution in [-0.4, -0.2) is 36.6 Å². The van der Waals surface area contributed by atoms with E-state index in [0.29, 0.717) is 6.04 Å². The van der Waals surface area contributed by atoms with Gasteiger partial charge in [-0.05, 0) is 58.0 Å². The summed E-state index contributed by atoms with van der Waals surface area (Å²) in [5.41, 5.74) is 0. The lowest BCUT2D eigenvalue weighted by Crippen LogP contribution is -2.47. The van der Waals surface area contributed by atoms with E-state index in [-0.39, 0.29) is 0 Å². The van der Waals surface area contributed by atoms with E-state index in [0.717, 1.165) is 31.0 Å². The van der Waals surface area contributed by atoms with Crippen LogP contribution in [0, 0.1) is 18.3 Å². The van der Waals surface area contributed by atoms with E-state index in [1.165, 1.54) is 38.5 Å². The van der Waals surface area contributed by atoms with Gasteiger partial charge in [0.05, 0.1) is 0 Å². The Morgan fingerprint density at radius 3 is 2.56 bits per heavy atom. The Morgan fingerprint density at radius 2 is 2.00 bits per heavy atom. The third-order valence-electron chi connectivity index (χ3n) is 5.01. The van der Waals surface area contributed by atoms with Gasteiger partial charge >= 0.3 is 0 Å². The maximum absolute atomic E-state index is 5.36.